The topological polar surface area (TPSA) is 78.4 Å². The average Bonchev–Trinajstić information content (AvgIpc) is 2.80. The van der Waals surface area contributed by atoms with E-state index in [0.717, 1.165) is 12.0 Å². The zero-order valence-electron chi connectivity index (χ0n) is 10.8. The van der Waals surface area contributed by atoms with Crippen molar-refractivity contribution in [2.24, 2.45) is 0 Å². The van der Waals surface area contributed by atoms with Crippen LogP contribution in [0.3, 0.4) is 0 Å². The number of carbonyl (C=O) groups is 2. The van der Waals surface area contributed by atoms with Crippen LogP contribution in [0.5, 0.6) is 0 Å². The predicted molar refractivity (Wildman–Crippen MR) is 75.4 cm³/mol. The molecule has 0 aliphatic heterocycles. The summed E-state index contributed by atoms with van der Waals surface area (Å²) >= 11 is 1.60. The normalized spacial score (nSPS) is 13.3. The van der Waals surface area contributed by atoms with E-state index in [-0.39, 0.29) is 12.5 Å². The molecule has 0 spiro atoms. The number of hydrogen-bond donors (Lipinski definition) is 3. The van der Waals surface area contributed by atoms with Crippen LogP contribution in [0.4, 0.5) is 4.79 Å². The summed E-state index contributed by atoms with van der Waals surface area (Å²) in [4.78, 5) is 22.5. The van der Waals surface area contributed by atoms with Crippen molar-refractivity contribution in [2.75, 3.05) is 0 Å². The molecule has 0 saturated carbocycles. The van der Waals surface area contributed by atoms with E-state index in [4.69, 9.17) is 5.11 Å². The molecular weight excluding hydrogens is 264 g/mol. The summed E-state index contributed by atoms with van der Waals surface area (Å²) in [5, 5.41) is 18.0. The molecule has 0 saturated heterocycles. The Labute approximate surface area is 116 Å². The maximum atomic E-state index is 11.7. The molecule has 104 valence electrons. The molecule has 19 heavy (non-hydrogen) atoms. The number of hydrogen-bond acceptors (Lipinski definition) is 3. The molecule has 5 nitrogen and oxygen atoms in total. The zero-order chi connectivity index (χ0) is 14.3. The highest BCUT2D eigenvalue weighted by atomic mass is 32.1. The van der Waals surface area contributed by atoms with Crippen molar-refractivity contribution >= 4 is 23.3 Å². The third kappa shape index (κ3) is 5.56. The summed E-state index contributed by atoms with van der Waals surface area (Å²) in [6.45, 7) is 5.34. The number of nitrogens with one attached hydrogen (secondary N) is 2. The van der Waals surface area contributed by atoms with Crippen LogP contribution in [-0.2, 0) is 11.2 Å². The summed E-state index contributed by atoms with van der Waals surface area (Å²) < 4.78 is 0. The van der Waals surface area contributed by atoms with Gasteiger partial charge in [-0.25, -0.2) is 9.59 Å². The lowest BCUT2D eigenvalue weighted by molar-refractivity contribution is -0.139. The zero-order valence-corrected chi connectivity index (χ0v) is 11.6. The van der Waals surface area contributed by atoms with Gasteiger partial charge in [-0.1, -0.05) is 6.08 Å². The van der Waals surface area contributed by atoms with E-state index < -0.39 is 18.0 Å². The number of carboxylic acids is 1. The Morgan fingerprint density at radius 2 is 2.26 bits per heavy atom. The van der Waals surface area contributed by atoms with Crippen LogP contribution in [-0.4, -0.2) is 29.2 Å². The van der Waals surface area contributed by atoms with Crippen LogP contribution in [0.1, 0.15) is 18.9 Å². The van der Waals surface area contributed by atoms with Crippen LogP contribution in [0.25, 0.3) is 0 Å². The Balaban J connectivity index is 2.40. The highest BCUT2D eigenvalue weighted by Crippen LogP contribution is 2.08. The minimum Gasteiger partial charge on any atom is -0.480 e. The lowest BCUT2D eigenvalue weighted by atomic mass is 10.1. The molecule has 1 aromatic rings. The maximum absolute atomic E-state index is 11.7. The van der Waals surface area contributed by atoms with Gasteiger partial charge in [0.2, 0.25) is 0 Å². The number of carboxylic acid groups (broad SMARTS) is 1. The Hall–Kier alpha value is -1.82. The van der Waals surface area contributed by atoms with E-state index >= 15 is 0 Å². The number of urea groups is 1. The quantitative estimate of drug-likeness (QED) is 0.669. The summed E-state index contributed by atoms with van der Waals surface area (Å²) in [6, 6.07) is 0.522. The second kappa shape index (κ2) is 7.58. The van der Waals surface area contributed by atoms with Gasteiger partial charge in [0.15, 0.2) is 0 Å². The Kier molecular flexibility index (Phi) is 6.08. The fourth-order valence-electron chi connectivity index (χ4n) is 1.63. The summed E-state index contributed by atoms with van der Waals surface area (Å²) in [7, 11) is 0. The van der Waals surface area contributed by atoms with Crippen molar-refractivity contribution < 1.29 is 14.7 Å². The van der Waals surface area contributed by atoms with Gasteiger partial charge < -0.3 is 15.7 Å². The first-order chi connectivity index (χ1) is 9.02. The average molecular weight is 282 g/mol. The molecule has 3 N–H and O–H groups in total. The highest BCUT2D eigenvalue weighted by Gasteiger charge is 2.19. The standard InChI is InChI=1S/C13H18N2O3S/c1-3-4-11(12(16)17)15-13(18)14-9(2)7-10-5-6-19-8-10/h3,5-6,8-9,11H,1,4,7H2,2H3,(H,16,17)(H2,14,15,18). The summed E-state index contributed by atoms with van der Waals surface area (Å²) in [6.07, 6.45) is 2.38. The number of rotatable bonds is 7. The molecule has 0 aliphatic carbocycles. The van der Waals surface area contributed by atoms with E-state index in [0.29, 0.717) is 0 Å². The molecule has 1 aromatic heterocycles. The van der Waals surface area contributed by atoms with E-state index in [2.05, 4.69) is 17.2 Å². The fraction of sp³-hybridized carbons (Fsp3) is 0.385. The maximum Gasteiger partial charge on any atom is 0.326 e. The minimum atomic E-state index is -1.07. The number of aliphatic carboxylic acids is 1. The van der Waals surface area contributed by atoms with Gasteiger partial charge >= 0.3 is 12.0 Å². The predicted octanol–water partition coefficient (Wildman–Crippen LogP) is 2.01. The first-order valence-electron chi connectivity index (χ1n) is 5.94. The van der Waals surface area contributed by atoms with Gasteiger partial charge in [-0.3, -0.25) is 0 Å². The molecule has 1 rings (SSSR count). The van der Waals surface area contributed by atoms with Crippen LogP contribution >= 0.6 is 11.3 Å². The van der Waals surface area contributed by atoms with Crippen molar-refractivity contribution in [2.45, 2.75) is 31.8 Å². The van der Waals surface area contributed by atoms with Gasteiger partial charge in [0.1, 0.15) is 6.04 Å². The van der Waals surface area contributed by atoms with Crippen LogP contribution in [0.2, 0.25) is 0 Å². The van der Waals surface area contributed by atoms with Gasteiger partial charge in [-0.05, 0) is 42.2 Å². The van der Waals surface area contributed by atoms with Gasteiger partial charge in [0, 0.05) is 6.04 Å². The smallest absolute Gasteiger partial charge is 0.326 e. The third-order valence-corrected chi connectivity index (χ3v) is 3.24. The molecule has 2 atom stereocenters. The lowest BCUT2D eigenvalue weighted by Crippen LogP contribution is -2.48. The molecule has 2 amide bonds. The second-order valence-corrected chi connectivity index (χ2v) is 5.05. The van der Waals surface area contributed by atoms with Gasteiger partial charge in [-0.2, -0.15) is 11.3 Å². The molecule has 0 aliphatic rings. The van der Waals surface area contributed by atoms with Crippen molar-refractivity contribution in [3.8, 4) is 0 Å². The monoisotopic (exact) mass is 282 g/mol. The second-order valence-electron chi connectivity index (χ2n) is 4.27. The van der Waals surface area contributed by atoms with Gasteiger partial charge in [-0.15, -0.1) is 6.58 Å². The van der Waals surface area contributed by atoms with Crippen molar-refractivity contribution in [1.29, 1.82) is 0 Å². The molecule has 0 fully saturated rings. The first-order valence-corrected chi connectivity index (χ1v) is 6.89. The molecular formula is C13H18N2O3S. The van der Waals surface area contributed by atoms with Gasteiger partial charge in [0.05, 0.1) is 0 Å². The molecule has 2 unspecified atom stereocenters. The molecule has 6 heteroatoms. The Bertz CT molecular complexity index is 431. The highest BCUT2D eigenvalue weighted by molar-refractivity contribution is 7.07. The van der Waals surface area contributed by atoms with Crippen molar-refractivity contribution in [1.82, 2.24) is 10.6 Å². The third-order valence-electron chi connectivity index (χ3n) is 2.51. The fourth-order valence-corrected chi connectivity index (χ4v) is 2.31. The van der Waals surface area contributed by atoms with Crippen molar-refractivity contribution in [3.05, 3.63) is 35.0 Å². The molecule has 0 radical (unpaired) electrons. The van der Waals surface area contributed by atoms with E-state index in [1.165, 1.54) is 6.08 Å². The summed E-state index contributed by atoms with van der Waals surface area (Å²) in [5.41, 5.74) is 1.15. The van der Waals surface area contributed by atoms with E-state index in [1.807, 2.05) is 23.8 Å². The van der Waals surface area contributed by atoms with Crippen molar-refractivity contribution in [3.63, 3.8) is 0 Å². The van der Waals surface area contributed by atoms with E-state index in [1.54, 1.807) is 11.3 Å². The number of amides is 2. The molecule has 0 bridgehead atoms. The first kappa shape index (κ1) is 15.2. The van der Waals surface area contributed by atoms with Crippen LogP contribution < -0.4 is 10.6 Å². The number of thiophene rings is 1. The van der Waals surface area contributed by atoms with Crippen LogP contribution in [0.15, 0.2) is 29.5 Å². The van der Waals surface area contributed by atoms with E-state index in [9.17, 15) is 9.59 Å². The lowest BCUT2D eigenvalue weighted by Gasteiger charge is -2.17. The van der Waals surface area contributed by atoms with Crippen LogP contribution in [0, 0.1) is 0 Å². The SMILES string of the molecule is C=CCC(NC(=O)NC(C)Cc1ccsc1)C(=O)O. The molecule has 0 aromatic carbocycles. The van der Waals surface area contributed by atoms with Gasteiger partial charge in [0.25, 0.3) is 0 Å². The molecule has 1 heterocycles. The largest absolute Gasteiger partial charge is 0.480 e. The minimum absolute atomic E-state index is 0.0622. The summed E-state index contributed by atoms with van der Waals surface area (Å²) in [5.74, 6) is -1.07. The Morgan fingerprint density at radius 1 is 1.53 bits per heavy atom. The number of carbonyl (C=O) groups excluding carboxylic acids is 1. The Morgan fingerprint density at radius 3 is 2.79 bits per heavy atom.